The molecule has 15 heavy (non-hydrogen) atoms. The van der Waals surface area contributed by atoms with Crippen LogP contribution in [0.15, 0.2) is 17.5 Å². The van der Waals surface area contributed by atoms with E-state index < -0.39 is 0 Å². The SMILES string of the molecule is CCC(CC)C(O)CCCc1cccs1. The fourth-order valence-electron chi connectivity index (χ4n) is 2.01. The van der Waals surface area contributed by atoms with E-state index in [1.165, 1.54) is 4.88 Å². The van der Waals surface area contributed by atoms with E-state index in [9.17, 15) is 5.11 Å². The fraction of sp³-hybridized carbons (Fsp3) is 0.692. The van der Waals surface area contributed by atoms with Gasteiger partial charge in [-0.1, -0.05) is 32.8 Å². The summed E-state index contributed by atoms with van der Waals surface area (Å²) in [6.07, 6.45) is 5.27. The lowest BCUT2D eigenvalue weighted by molar-refractivity contribution is 0.0923. The highest BCUT2D eigenvalue weighted by molar-refractivity contribution is 7.09. The molecule has 0 aliphatic carbocycles. The van der Waals surface area contributed by atoms with Gasteiger partial charge < -0.3 is 5.11 Å². The average molecular weight is 226 g/mol. The van der Waals surface area contributed by atoms with Crippen molar-refractivity contribution < 1.29 is 5.11 Å². The molecule has 2 heteroatoms. The Morgan fingerprint density at radius 1 is 1.33 bits per heavy atom. The molecular formula is C13H22OS. The van der Waals surface area contributed by atoms with Gasteiger partial charge in [0.25, 0.3) is 0 Å². The molecule has 0 saturated carbocycles. The molecule has 1 aromatic heterocycles. The Balaban J connectivity index is 2.19. The molecule has 1 heterocycles. The van der Waals surface area contributed by atoms with Crippen molar-refractivity contribution in [3.63, 3.8) is 0 Å². The van der Waals surface area contributed by atoms with Crippen LogP contribution >= 0.6 is 11.3 Å². The van der Waals surface area contributed by atoms with Gasteiger partial charge in [0.05, 0.1) is 6.10 Å². The zero-order valence-corrected chi connectivity index (χ0v) is 10.6. The maximum Gasteiger partial charge on any atom is 0.0568 e. The molecular weight excluding hydrogens is 204 g/mol. The second-order valence-corrected chi connectivity index (χ2v) is 5.15. The molecule has 0 aromatic carbocycles. The van der Waals surface area contributed by atoms with E-state index >= 15 is 0 Å². The highest BCUT2D eigenvalue weighted by atomic mass is 32.1. The average Bonchev–Trinajstić information content (AvgIpc) is 2.72. The second kappa shape index (κ2) is 7.02. The molecule has 1 N–H and O–H groups in total. The van der Waals surface area contributed by atoms with Crippen LogP contribution < -0.4 is 0 Å². The van der Waals surface area contributed by atoms with Gasteiger partial charge in [0.15, 0.2) is 0 Å². The van der Waals surface area contributed by atoms with E-state index in [0.29, 0.717) is 5.92 Å². The van der Waals surface area contributed by atoms with Gasteiger partial charge in [-0.3, -0.25) is 0 Å². The molecule has 1 aromatic rings. The minimum atomic E-state index is -0.0973. The number of rotatable bonds is 7. The Morgan fingerprint density at radius 3 is 2.60 bits per heavy atom. The van der Waals surface area contributed by atoms with Crippen LogP contribution in [0.5, 0.6) is 0 Å². The highest BCUT2D eigenvalue weighted by Crippen LogP contribution is 2.19. The first kappa shape index (κ1) is 12.7. The molecule has 0 saturated heterocycles. The highest BCUT2D eigenvalue weighted by Gasteiger charge is 2.14. The number of hydrogen-bond donors (Lipinski definition) is 1. The third-order valence-electron chi connectivity index (χ3n) is 3.10. The van der Waals surface area contributed by atoms with Crippen LogP contribution in [0.25, 0.3) is 0 Å². The third-order valence-corrected chi connectivity index (χ3v) is 4.03. The summed E-state index contributed by atoms with van der Waals surface area (Å²) in [6.45, 7) is 4.33. The summed E-state index contributed by atoms with van der Waals surface area (Å²) in [5.74, 6) is 0.494. The zero-order valence-electron chi connectivity index (χ0n) is 9.78. The number of aliphatic hydroxyl groups is 1. The lowest BCUT2D eigenvalue weighted by atomic mass is 9.93. The summed E-state index contributed by atoms with van der Waals surface area (Å²) in [5, 5.41) is 12.1. The van der Waals surface area contributed by atoms with Crippen LogP contribution in [-0.4, -0.2) is 11.2 Å². The number of hydrogen-bond acceptors (Lipinski definition) is 2. The van der Waals surface area contributed by atoms with Crippen molar-refractivity contribution in [1.29, 1.82) is 0 Å². The van der Waals surface area contributed by atoms with Crippen LogP contribution in [0.1, 0.15) is 44.4 Å². The smallest absolute Gasteiger partial charge is 0.0568 e. The maximum atomic E-state index is 9.94. The van der Waals surface area contributed by atoms with Crippen molar-refractivity contribution in [3.8, 4) is 0 Å². The number of aryl methyl sites for hydroxylation is 1. The van der Waals surface area contributed by atoms with Gasteiger partial charge in [-0.25, -0.2) is 0 Å². The monoisotopic (exact) mass is 226 g/mol. The molecule has 0 fully saturated rings. The summed E-state index contributed by atoms with van der Waals surface area (Å²) in [6, 6.07) is 4.27. The second-order valence-electron chi connectivity index (χ2n) is 4.12. The molecule has 1 nitrogen and oxygen atoms in total. The predicted octanol–water partition coefficient (Wildman–Crippen LogP) is 3.87. The molecule has 0 bridgehead atoms. The van der Waals surface area contributed by atoms with Gasteiger partial charge in [0.2, 0.25) is 0 Å². The summed E-state index contributed by atoms with van der Waals surface area (Å²) in [4.78, 5) is 1.44. The van der Waals surface area contributed by atoms with E-state index in [1.54, 1.807) is 0 Å². The summed E-state index contributed by atoms with van der Waals surface area (Å²) in [7, 11) is 0. The first-order chi connectivity index (χ1) is 7.27. The normalized spacial score (nSPS) is 13.3. The van der Waals surface area contributed by atoms with Crippen LogP contribution in [0, 0.1) is 5.92 Å². The van der Waals surface area contributed by atoms with E-state index in [2.05, 4.69) is 31.4 Å². The first-order valence-corrected chi connectivity index (χ1v) is 6.86. The Labute approximate surface area is 97.2 Å². The molecule has 0 amide bonds. The van der Waals surface area contributed by atoms with E-state index in [4.69, 9.17) is 0 Å². The van der Waals surface area contributed by atoms with Gasteiger partial charge in [-0.05, 0) is 36.6 Å². The quantitative estimate of drug-likeness (QED) is 0.748. The largest absolute Gasteiger partial charge is 0.393 e. The number of thiophene rings is 1. The van der Waals surface area contributed by atoms with Gasteiger partial charge in [-0.2, -0.15) is 0 Å². The predicted molar refractivity (Wildman–Crippen MR) is 67.3 cm³/mol. The van der Waals surface area contributed by atoms with Crippen molar-refractivity contribution in [2.75, 3.05) is 0 Å². The molecule has 86 valence electrons. The first-order valence-electron chi connectivity index (χ1n) is 5.98. The molecule has 0 radical (unpaired) electrons. The van der Waals surface area contributed by atoms with E-state index in [-0.39, 0.29) is 6.10 Å². The van der Waals surface area contributed by atoms with Crippen LogP contribution in [-0.2, 0) is 6.42 Å². The van der Waals surface area contributed by atoms with Gasteiger partial charge in [-0.15, -0.1) is 11.3 Å². The standard InChI is InChI=1S/C13H22OS/c1-3-11(4-2)13(14)9-5-7-12-8-6-10-15-12/h6,8,10-11,13-14H,3-5,7,9H2,1-2H3. The Hall–Kier alpha value is -0.340. The summed E-state index contributed by atoms with van der Waals surface area (Å²) < 4.78 is 0. The Morgan fingerprint density at radius 2 is 2.07 bits per heavy atom. The fourth-order valence-corrected chi connectivity index (χ4v) is 2.76. The lowest BCUT2D eigenvalue weighted by Crippen LogP contribution is -2.19. The molecule has 0 aliphatic heterocycles. The molecule has 0 aliphatic rings. The van der Waals surface area contributed by atoms with E-state index in [0.717, 1.165) is 32.1 Å². The lowest BCUT2D eigenvalue weighted by Gasteiger charge is -2.19. The topological polar surface area (TPSA) is 20.2 Å². The number of aliphatic hydroxyl groups excluding tert-OH is 1. The zero-order chi connectivity index (χ0) is 11.1. The molecule has 1 rings (SSSR count). The molecule has 1 atom stereocenters. The van der Waals surface area contributed by atoms with Crippen molar-refractivity contribution in [1.82, 2.24) is 0 Å². The molecule has 0 spiro atoms. The summed E-state index contributed by atoms with van der Waals surface area (Å²) >= 11 is 1.81. The van der Waals surface area contributed by atoms with Crippen LogP contribution in [0.3, 0.4) is 0 Å². The van der Waals surface area contributed by atoms with Crippen LogP contribution in [0.2, 0.25) is 0 Å². The van der Waals surface area contributed by atoms with Crippen molar-refractivity contribution in [2.45, 2.75) is 52.1 Å². The van der Waals surface area contributed by atoms with E-state index in [1.807, 2.05) is 11.3 Å². The van der Waals surface area contributed by atoms with Gasteiger partial charge in [0, 0.05) is 4.88 Å². The van der Waals surface area contributed by atoms with Gasteiger partial charge in [0.1, 0.15) is 0 Å². The molecule has 1 unspecified atom stereocenters. The Kier molecular flexibility index (Phi) is 5.96. The summed E-state index contributed by atoms with van der Waals surface area (Å²) in [5.41, 5.74) is 0. The van der Waals surface area contributed by atoms with Crippen molar-refractivity contribution >= 4 is 11.3 Å². The van der Waals surface area contributed by atoms with Crippen molar-refractivity contribution in [3.05, 3.63) is 22.4 Å². The minimum Gasteiger partial charge on any atom is -0.393 e. The minimum absolute atomic E-state index is 0.0973. The maximum absolute atomic E-state index is 9.94. The third kappa shape index (κ3) is 4.35. The van der Waals surface area contributed by atoms with Gasteiger partial charge >= 0.3 is 0 Å². The van der Waals surface area contributed by atoms with Crippen molar-refractivity contribution in [2.24, 2.45) is 5.92 Å². The Bertz CT molecular complexity index is 239. The van der Waals surface area contributed by atoms with Crippen LogP contribution in [0.4, 0.5) is 0 Å².